The Bertz CT molecular complexity index is 197. The molecule has 4 atom stereocenters. The van der Waals surface area contributed by atoms with Crippen molar-refractivity contribution in [3.8, 4) is 0 Å². The van der Waals surface area contributed by atoms with Crippen LogP contribution in [0.25, 0.3) is 0 Å². The molecule has 0 saturated heterocycles. The van der Waals surface area contributed by atoms with Gasteiger partial charge >= 0.3 is 0 Å². The maximum Gasteiger partial charge on any atom is 0.0101 e. The topological polar surface area (TPSA) is 26.0 Å². The lowest BCUT2D eigenvalue weighted by molar-refractivity contribution is -0.106. The largest absolute Gasteiger partial charge is 0.327 e. The van der Waals surface area contributed by atoms with Gasteiger partial charge in [0.1, 0.15) is 0 Å². The Balaban J connectivity index is 2.03. The quantitative estimate of drug-likeness (QED) is 0.696. The van der Waals surface area contributed by atoms with Crippen molar-refractivity contribution in [1.82, 2.24) is 0 Å². The molecule has 13 heavy (non-hydrogen) atoms. The van der Waals surface area contributed by atoms with Crippen LogP contribution in [-0.2, 0) is 0 Å². The molecule has 1 nitrogen and oxygen atoms in total. The van der Waals surface area contributed by atoms with Gasteiger partial charge < -0.3 is 5.73 Å². The average molecular weight is 181 g/mol. The minimum Gasteiger partial charge on any atom is -0.327 e. The molecule has 3 aliphatic rings. The summed E-state index contributed by atoms with van der Waals surface area (Å²) in [5, 5.41) is 0. The van der Waals surface area contributed by atoms with E-state index in [-0.39, 0.29) is 0 Å². The third-order valence-electron chi connectivity index (χ3n) is 4.80. The molecular formula is C12H23N. The van der Waals surface area contributed by atoms with E-state index in [9.17, 15) is 0 Å². The first-order valence-corrected chi connectivity index (χ1v) is 5.83. The molecule has 3 aliphatic carbocycles. The van der Waals surface area contributed by atoms with E-state index < -0.39 is 0 Å². The van der Waals surface area contributed by atoms with Crippen LogP contribution in [0.1, 0.15) is 46.5 Å². The Morgan fingerprint density at radius 1 is 1.31 bits per heavy atom. The summed E-state index contributed by atoms with van der Waals surface area (Å²) in [5.74, 6) is 2.64. The molecule has 0 spiro atoms. The van der Waals surface area contributed by atoms with Crippen LogP contribution in [-0.4, -0.2) is 6.04 Å². The number of fused-ring (bicyclic) bond motifs is 2. The summed E-state index contributed by atoms with van der Waals surface area (Å²) in [6.45, 7) is 7.10. The molecular weight excluding hydrogens is 158 g/mol. The van der Waals surface area contributed by atoms with Crippen molar-refractivity contribution in [1.29, 1.82) is 0 Å². The van der Waals surface area contributed by atoms with Crippen molar-refractivity contribution in [2.45, 2.75) is 52.5 Å². The first kappa shape index (κ1) is 9.51. The molecule has 2 bridgehead atoms. The second-order valence-electron chi connectivity index (χ2n) is 5.72. The highest BCUT2D eigenvalue weighted by Crippen LogP contribution is 2.60. The molecule has 3 fully saturated rings. The lowest BCUT2D eigenvalue weighted by Gasteiger charge is -2.62. The van der Waals surface area contributed by atoms with Gasteiger partial charge in [-0.25, -0.2) is 0 Å². The van der Waals surface area contributed by atoms with Crippen LogP contribution in [0.4, 0.5) is 0 Å². The molecule has 0 aliphatic heterocycles. The van der Waals surface area contributed by atoms with E-state index in [0.717, 1.165) is 17.8 Å². The smallest absolute Gasteiger partial charge is 0.0101 e. The van der Waals surface area contributed by atoms with Crippen molar-refractivity contribution < 1.29 is 0 Å². The van der Waals surface area contributed by atoms with Crippen LogP contribution in [0.3, 0.4) is 0 Å². The van der Waals surface area contributed by atoms with Gasteiger partial charge in [0.05, 0.1) is 0 Å². The molecule has 0 radical (unpaired) electrons. The van der Waals surface area contributed by atoms with Gasteiger partial charge in [-0.2, -0.15) is 0 Å². The number of nitrogens with two attached hydrogens (primary N) is 1. The summed E-state index contributed by atoms with van der Waals surface area (Å²) in [5.41, 5.74) is 6.88. The molecule has 76 valence electrons. The summed E-state index contributed by atoms with van der Waals surface area (Å²) < 4.78 is 0. The van der Waals surface area contributed by atoms with Gasteiger partial charge in [0.25, 0.3) is 0 Å². The zero-order valence-corrected chi connectivity index (χ0v) is 9.22. The highest BCUT2D eigenvalue weighted by Gasteiger charge is 2.56. The Morgan fingerprint density at radius 3 is 2.46 bits per heavy atom. The highest BCUT2D eigenvalue weighted by atomic mass is 14.8. The van der Waals surface area contributed by atoms with Crippen LogP contribution in [0.5, 0.6) is 0 Å². The fourth-order valence-electron chi connectivity index (χ4n) is 3.64. The number of hydrogen-bond acceptors (Lipinski definition) is 1. The number of hydrogen-bond donors (Lipinski definition) is 1. The van der Waals surface area contributed by atoms with Gasteiger partial charge in [-0.05, 0) is 42.4 Å². The monoisotopic (exact) mass is 181 g/mol. The van der Waals surface area contributed by atoms with Crippen molar-refractivity contribution in [3.05, 3.63) is 0 Å². The molecule has 3 rings (SSSR count). The van der Waals surface area contributed by atoms with Crippen molar-refractivity contribution in [3.63, 3.8) is 0 Å². The molecule has 3 saturated carbocycles. The van der Waals surface area contributed by atoms with E-state index in [1.807, 2.05) is 0 Å². The Kier molecular flexibility index (Phi) is 2.18. The minimum absolute atomic E-state index is 0.500. The summed E-state index contributed by atoms with van der Waals surface area (Å²) in [4.78, 5) is 0. The second kappa shape index (κ2) is 2.98. The Morgan fingerprint density at radius 2 is 2.00 bits per heavy atom. The molecule has 1 unspecified atom stereocenters. The minimum atomic E-state index is 0.500. The van der Waals surface area contributed by atoms with Crippen LogP contribution in [0.2, 0.25) is 0 Å². The molecule has 0 aromatic rings. The fourth-order valence-corrected chi connectivity index (χ4v) is 3.64. The van der Waals surface area contributed by atoms with Crippen LogP contribution in [0.15, 0.2) is 0 Å². The maximum atomic E-state index is 6.32. The normalized spacial score (nSPS) is 47.1. The standard InChI is InChI=1S/C12H23N/c1-4-5-8-6-9-7-10(11(8)13)12(9,2)3/h8-11H,4-7,13H2,1-3H3/t8-,9-,10-,11?/m0/s1. The SMILES string of the molecule is CCC[C@H]1C[C@H]2C[C@@H](C1N)C2(C)C. The fraction of sp³-hybridized carbons (Fsp3) is 1.00. The average Bonchev–Trinajstić information content (AvgIpc) is 2.08. The first-order chi connectivity index (χ1) is 6.07. The van der Waals surface area contributed by atoms with Gasteiger partial charge in [-0.3, -0.25) is 0 Å². The van der Waals surface area contributed by atoms with Gasteiger partial charge in [0.2, 0.25) is 0 Å². The van der Waals surface area contributed by atoms with E-state index in [1.54, 1.807) is 0 Å². The number of rotatable bonds is 2. The van der Waals surface area contributed by atoms with E-state index in [2.05, 4.69) is 20.8 Å². The third-order valence-corrected chi connectivity index (χ3v) is 4.80. The third kappa shape index (κ3) is 1.24. The van der Waals surface area contributed by atoms with Crippen molar-refractivity contribution >= 4 is 0 Å². The second-order valence-corrected chi connectivity index (χ2v) is 5.72. The van der Waals surface area contributed by atoms with Gasteiger partial charge in [0, 0.05) is 6.04 Å². The summed E-state index contributed by atoms with van der Waals surface area (Å²) in [6, 6.07) is 0.500. The predicted octanol–water partition coefficient (Wildman–Crippen LogP) is 2.80. The predicted molar refractivity (Wildman–Crippen MR) is 56.4 cm³/mol. The molecule has 0 heterocycles. The highest BCUT2D eigenvalue weighted by molar-refractivity contribution is 5.07. The molecule has 0 amide bonds. The van der Waals surface area contributed by atoms with Crippen LogP contribution >= 0.6 is 0 Å². The van der Waals surface area contributed by atoms with Gasteiger partial charge in [-0.1, -0.05) is 27.2 Å². The van der Waals surface area contributed by atoms with E-state index in [1.165, 1.54) is 25.7 Å². The van der Waals surface area contributed by atoms with Crippen LogP contribution < -0.4 is 5.73 Å². The molecule has 1 heteroatoms. The van der Waals surface area contributed by atoms with E-state index in [4.69, 9.17) is 5.73 Å². The molecule has 0 aromatic carbocycles. The maximum absolute atomic E-state index is 6.32. The Hall–Kier alpha value is -0.0400. The molecule has 2 N–H and O–H groups in total. The van der Waals surface area contributed by atoms with Gasteiger partial charge in [0.15, 0.2) is 0 Å². The first-order valence-electron chi connectivity index (χ1n) is 5.83. The Labute approximate surface area is 82.1 Å². The van der Waals surface area contributed by atoms with Gasteiger partial charge in [-0.15, -0.1) is 0 Å². The summed E-state index contributed by atoms with van der Waals surface area (Å²) >= 11 is 0. The summed E-state index contributed by atoms with van der Waals surface area (Å²) in [7, 11) is 0. The van der Waals surface area contributed by atoms with Crippen molar-refractivity contribution in [2.24, 2.45) is 28.9 Å². The molecule has 0 aromatic heterocycles. The lowest BCUT2D eigenvalue weighted by Crippen LogP contribution is -2.61. The van der Waals surface area contributed by atoms with Crippen LogP contribution in [0, 0.1) is 23.2 Å². The summed E-state index contributed by atoms with van der Waals surface area (Å²) in [6.07, 6.45) is 5.47. The van der Waals surface area contributed by atoms with Crippen molar-refractivity contribution in [2.75, 3.05) is 0 Å². The zero-order chi connectivity index (χ0) is 9.64. The van der Waals surface area contributed by atoms with E-state index >= 15 is 0 Å². The van der Waals surface area contributed by atoms with E-state index in [0.29, 0.717) is 11.5 Å². The zero-order valence-electron chi connectivity index (χ0n) is 9.22. The lowest BCUT2D eigenvalue weighted by atomic mass is 9.45.